The molecule has 0 aliphatic heterocycles. The fourth-order valence-electron chi connectivity index (χ4n) is 8.66. The Labute approximate surface area is 156 Å². The number of fused-ring (bicyclic) bond motifs is 5. The highest BCUT2D eigenvalue weighted by molar-refractivity contribution is 5.13. The highest BCUT2D eigenvalue weighted by atomic mass is 14.6. The highest BCUT2D eigenvalue weighted by Gasteiger charge is 2.60. The Morgan fingerprint density at radius 3 is 2.36 bits per heavy atom. The maximum atomic E-state index is 3.53. The molecular weight excluding hydrogens is 300 g/mol. The van der Waals surface area contributed by atoms with Crippen LogP contribution in [0.2, 0.25) is 0 Å². The van der Waals surface area contributed by atoms with Crippen LogP contribution in [0.4, 0.5) is 0 Å². The Hall–Kier alpha value is -0.440. The average molecular weight is 341 g/mol. The third-order valence-electron chi connectivity index (χ3n) is 9.98. The topological polar surface area (TPSA) is 0 Å². The second-order valence-electron chi connectivity index (χ2n) is 10.9. The van der Waals surface area contributed by atoms with Gasteiger partial charge in [0.1, 0.15) is 0 Å². The van der Waals surface area contributed by atoms with Crippen LogP contribution in [-0.2, 0) is 0 Å². The third-order valence-corrected chi connectivity index (χ3v) is 9.98. The Balaban J connectivity index is 1.58. The van der Waals surface area contributed by atoms with Gasteiger partial charge in [0.05, 0.1) is 0 Å². The second kappa shape index (κ2) is 6.32. The first-order chi connectivity index (χ1) is 11.9. The maximum Gasteiger partial charge on any atom is 0.0208 e. The molecule has 0 heteroatoms. The fraction of sp³-hybridized carbons (Fsp3) is 0.920. The summed E-state index contributed by atoms with van der Waals surface area (Å²) in [5.74, 6) is 13.2. The van der Waals surface area contributed by atoms with Crippen LogP contribution in [-0.4, -0.2) is 0 Å². The molecule has 0 N–H and O–H groups in total. The molecule has 0 heterocycles. The van der Waals surface area contributed by atoms with Gasteiger partial charge in [-0.2, -0.15) is 0 Å². The lowest BCUT2D eigenvalue weighted by Crippen LogP contribution is -2.53. The zero-order valence-electron chi connectivity index (χ0n) is 17.4. The van der Waals surface area contributed by atoms with Gasteiger partial charge in [-0.1, -0.05) is 34.1 Å². The second-order valence-corrected chi connectivity index (χ2v) is 10.9. The predicted molar refractivity (Wildman–Crippen MR) is 107 cm³/mol. The van der Waals surface area contributed by atoms with Crippen LogP contribution in [0.3, 0.4) is 0 Å². The monoisotopic (exact) mass is 340 g/mol. The fourth-order valence-corrected chi connectivity index (χ4v) is 8.66. The van der Waals surface area contributed by atoms with E-state index in [9.17, 15) is 0 Å². The Morgan fingerprint density at radius 2 is 1.60 bits per heavy atom. The third kappa shape index (κ3) is 2.63. The van der Waals surface area contributed by atoms with Gasteiger partial charge >= 0.3 is 0 Å². The smallest absolute Gasteiger partial charge is 0.0208 e. The van der Waals surface area contributed by atoms with Gasteiger partial charge < -0.3 is 0 Å². The van der Waals surface area contributed by atoms with Gasteiger partial charge in [-0.15, -0.1) is 11.8 Å². The zero-order valence-corrected chi connectivity index (χ0v) is 17.4. The minimum absolute atomic E-state index is 0.579. The summed E-state index contributed by atoms with van der Waals surface area (Å²) in [7, 11) is 0. The molecular formula is C25H40. The van der Waals surface area contributed by atoms with Crippen LogP contribution in [0.5, 0.6) is 0 Å². The number of hydrogen-bond donors (Lipinski definition) is 0. The van der Waals surface area contributed by atoms with Crippen molar-refractivity contribution in [3.8, 4) is 11.8 Å². The molecule has 4 fully saturated rings. The summed E-state index contributed by atoms with van der Waals surface area (Å²) >= 11 is 0. The van der Waals surface area contributed by atoms with Crippen LogP contribution in [0.15, 0.2) is 0 Å². The highest BCUT2D eigenvalue weighted by Crippen LogP contribution is 2.68. The van der Waals surface area contributed by atoms with Gasteiger partial charge in [0.25, 0.3) is 0 Å². The maximum absolute atomic E-state index is 3.53. The lowest BCUT2D eigenvalue weighted by atomic mass is 9.44. The van der Waals surface area contributed by atoms with Crippen molar-refractivity contribution in [2.75, 3.05) is 0 Å². The van der Waals surface area contributed by atoms with Crippen molar-refractivity contribution in [2.45, 2.75) is 92.4 Å². The first kappa shape index (κ1) is 17.9. The molecule has 4 aliphatic rings. The molecule has 0 aromatic heterocycles. The van der Waals surface area contributed by atoms with E-state index in [0.29, 0.717) is 16.7 Å². The van der Waals surface area contributed by atoms with Gasteiger partial charge in [-0.3, -0.25) is 0 Å². The molecule has 140 valence electrons. The molecule has 0 aromatic rings. The van der Waals surface area contributed by atoms with Gasteiger partial charge in [-0.05, 0) is 105 Å². The van der Waals surface area contributed by atoms with Crippen LogP contribution >= 0.6 is 0 Å². The van der Waals surface area contributed by atoms with Crippen molar-refractivity contribution in [1.29, 1.82) is 0 Å². The molecule has 9 unspecified atom stereocenters. The van der Waals surface area contributed by atoms with Crippen LogP contribution in [0.25, 0.3) is 0 Å². The molecule has 0 nitrogen and oxygen atoms in total. The first-order valence-corrected chi connectivity index (χ1v) is 11.3. The zero-order chi connectivity index (χ0) is 17.8. The van der Waals surface area contributed by atoms with Crippen molar-refractivity contribution < 1.29 is 0 Å². The molecule has 0 amide bonds. The van der Waals surface area contributed by atoms with Gasteiger partial charge in [-0.25, -0.2) is 0 Å². The standard InChI is InChI=1S/C25H40/c1-6-7-18(3)21-10-11-22-20-9-8-19-16-17(2)12-14-24(19,4)23(20)13-15-25(21,22)5/h17-23H,8-16H2,1-5H3. The van der Waals surface area contributed by atoms with E-state index in [1.165, 1.54) is 51.4 Å². The van der Waals surface area contributed by atoms with Crippen LogP contribution in [0, 0.1) is 64.1 Å². The molecule has 0 aromatic carbocycles. The van der Waals surface area contributed by atoms with E-state index in [0.717, 1.165) is 35.5 Å². The molecule has 25 heavy (non-hydrogen) atoms. The van der Waals surface area contributed by atoms with Crippen molar-refractivity contribution in [3.05, 3.63) is 0 Å². The summed E-state index contributed by atoms with van der Waals surface area (Å²) in [6.45, 7) is 12.3. The Kier molecular flexibility index (Phi) is 4.54. The van der Waals surface area contributed by atoms with Crippen LogP contribution < -0.4 is 0 Å². The molecule has 4 saturated carbocycles. The summed E-state index contributed by atoms with van der Waals surface area (Å²) in [4.78, 5) is 0. The lowest BCUT2D eigenvalue weighted by Gasteiger charge is -2.61. The minimum atomic E-state index is 0.579. The molecule has 9 atom stereocenters. The predicted octanol–water partition coefficient (Wildman–Crippen LogP) is 6.94. The van der Waals surface area contributed by atoms with E-state index in [4.69, 9.17) is 0 Å². The van der Waals surface area contributed by atoms with E-state index >= 15 is 0 Å². The van der Waals surface area contributed by atoms with E-state index in [1.54, 1.807) is 6.42 Å². The molecule has 4 aliphatic carbocycles. The minimum Gasteiger partial charge on any atom is -0.106 e. The molecule has 0 saturated heterocycles. The Morgan fingerprint density at radius 1 is 0.880 bits per heavy atom. The summed E-state index contributed by atoms with van der Waals surface area (Å²) in [5.41, 5.74) is 1.25. The summed E-state index contributed by atoms with van der Waals surface area (Å²) < 4.78 is 0. The van der Waals surface area contributed by atoms with E-state index in [1.807, 2.05) is 6.92 Å². The summed E-state index contributed by atoms with van der Waals surface area (Å²) in [6, 6.07) is 0. The van der Waals surface area contributed by atoms with Gasteiger partial charge in [0, 0.05) is 5.92 Å². The average Bonchev–Trinajstić information content (AvgIpc) is 2.93. The van der Waals surface area contributed by atoms with Crippen molar-refractivity contribution >= 4 is 0 Å². The Bertz CT molecular complexity index is 564. The van der Waals surface area contributed by atoms with E-state index < -0.39 is 0 Å². The summed E-state index contributed by atoms with van der Waals surface area (Å²) in [5, 5.41) is 0. The van der Waals surface area contributed by atoms with Crippen LogP contribution in [0.1, 0.15) is 92.4 Å². The number of rotatable bonds is 1. The summed E-state index contributed by atoms with van der Waals surface area (Å²) in [6.07, 6.45) is 13.5. The quantitative estimate of drug-likeness (QED) is 0.453. The van der Waals surface area contributed by atoms with Crippen molar-refractivity contribution in [2.24, 2.45) is 52.3 Å². The van der Waals surface area contributed by atoms with E-state index in [2.05, 4.69) is 39.5 Å². The normalized spacial score (nSPS) is 53.0. The largest absolute Gasteiger partial charge is 0.106 e. The van der Waals surface area contributed by atoms with Gasteiger partial charge in [0.2, 0.25) is 0 Å². The molecule has 0 bridgehead atoms. The number of hydrogen-bond acceptors (Lipinski definition) is 0. The first-order valence-electron chi connectivity index (χ1n) is 11.3. The molecule has 4 rings (SSSR count). The van der Waals surface area contributed by atoms with Crippen molar-refractivity contribution in [1.82, 2.24) is 0 Å². The van der Waals surface area contributed by atoms with Gasteiger partial charge in [0.15, 0.2) is 0 Å². The van der Waals surface area contributed by atoms with E-state index in [-0.39, 0.29) is 0 Å². The lowest BCUT2D eigenvalue weighted by molar-refractivity contribution is -0.118. The molecule has 0 radical (unpaired) electrons. The molecule has 0 spiro atoms. The van der Waals surface area contributed by atoms with Crippen molar-refractivity contribution in [3.63, 3.8) is 0 Å². The SMILES string of the molecule is CC#CC(C)C1CCC2C3CCC4CC(C)CCC4(C)C3CCC12C.